The molecule has 0 unspecified atom stereocenters. The van der Waals surface area contributed by atoms with E-state index in [1.165, 1.54) is 23.3 Å². The Morgan fingerprint density at radius 1 is 1.35 bits per heavy atom. The second-order valence-electron chi connectivity index (χ2n) is 5.29. The topological polar surface area (TPSA) is 55.2 Å². The normalized spacial score (nSPS) is 18.4. The Kier molecular flexibility index (Phi) is 5.46. The Labute approximate surface area is 126 Å². The van der Waals surface area contributed by atoms with Gasteiger partial charge in [0.25, 0.3) is 0 Å². The van der Waals surface area contributed by atoms with Crippen LogP contribution in [0.15, 0.2) is 17.3 Å². The molecule has 0 radical (unpaired) electrons. The highest BCUT2D eigenvalue weighted by Gasteiger charge is 2.29. The molecule has 1 aromatic heterocycles. The van der Waals surface area contributed by atoms with Gasteiger partial charge in [0.05, 0.1) is 12.7 Å². The first-order valence-corrected chi connectivity index (χ1v) is 9.09. The molecular weight excluding hydrogens is 298 g/mol. The number of hydrogen-bond acceptors (Lipinski definition) is 3. The molecule has 1 heterocycles. The minimum atomic E-state index is -3.45. The lowest BCUT2D eigenvalue weighted by Gasteiger charge is -2.25. The standard InChI is InChI=1S/C13H22ClN3O2S/c1-16(12-6-4-2-3-5-7-12)20(18,19)13-10-15-17(11-13)9-8-14/h10-12H,2-9H2,1H3. The van der Waals surface area contributed by atoms with Crippen molar-refractivity contribution in [2.45, 2.75) is 56.0 Å². The first-order chi connectivity index (χ1) is 9.55. The van der Waals surface area contributed by atoms with Crippen LogP contribution in [0.2, 0.25) is 0 Å². The molecule has 1 saturated carbocycles. The number of alkyl halides is 1. The van der Waals surface area contributed by atoms with Crippen molar-refractivity contribution in [3.63, 3.8) is 0 Å². The summed E-state index contributed by atoms with van der Waals surface area (Å²) in [5.41, 5.74) is 0. The van der Waals surface area contributed by atoms with Crippen LogP contribution in [0.3, 0.4) is 0 Å². The lowest BCUT2D eigenvalue weighted by Crippen LogP contribution is -2.36. The van der Waals surface area contributed by atoms with E-state index in [9.17, 15) is 8.42 Å². The van der Waals surface area contributed by atoms with E-state index in [0.29, 0.717) is 12.4 Å². The first kappa shape index (κ1) is 15.8. The highest BCUT2D eigenvalue weighted by molar-refractivity contribution is 7.89. The number of hydrogen-bond donors (Lipinski definition) is 0. The van der Waals surface area contributed by atoms with Gasteiger partial charge in [-0.2, -0.15) is 9.40 Å². The van der Waals surface area contributed by atoms with Crippen LogP contribution >= 0.6 is 11.6 Å². The lowest BCUT2D eigenvalue weighted by atomic mass is 10.1. The van der Waals surface area contributed by atoms with Gasteiger partial charge in [-0.15, -0.1) is 11.6 Å². The van der Waals surface area contributed by atoms with Crippen LogP contribution in [0.1, 0.15) is 38.5 Å². The third-order valence-electron chi connectivity index (χ3n) is 3.94. The van der Waals surface area contributed by atoms with Crippen molar-refractivity contribution < 1.29 is 8.42 Å². The monoisotopic (exact) mass is 319 g/mol. The van der Waals surface area contributed by atoms with Crippen LogP contribution in [0.25, 0.3) is 0 Å². The van der Waals surface area contributed by atoms with Gasteiger partial charge < -0.3 is 0 Å². The second-order valence-corrected chi connectivity index (χ2v) is 7.67. The molecule has 0 saturated heterocycles. The fourth-order valence-electron chi connectivity index (χ4n) is 2.67. The Morgan fingerprint density at radius 2 is 2.00 bits per heavy atom. The predicted molar refractivity (Wildman–Crippen MR) is 79.4 cm³/mol. The Morgan fingerprint density at radius 3 is 2.60 bits per heavy atom. The quantitative estimate of drug-likeness (QED) is 0.619. The van der Waals surface area contributed by atoms with E-state index in [-0.39, 0.29) is 10.9 Å². The summed E-state index contributed by atoms with van der Waals surface area (Å²) in [6, 6.07) is 0.110. The molecule has 5 nitrogen and oxygen atoms in total. The van der Waals surface area contributed by atoms with E-state index in [4.69, 9.17) is 11.6 Å². The molecule has 0 N–H and O–H groups in total. The van der Waals surface area contributed by atoms with Crippen LogP contribution < -0.4 is 0 Å². The van der Waals surface area contributed by atoms with E-state index in [1.54, 1.807) is 17.9 Å². The highest BCUT2D eigenvalue weighted by Crippen LogP contribution is 2.25. The number of sulfonamides is 1. The van der Waals surface area contributed by atoms with E-state index in [1.807, 2.05) is 0 Å². The van der Waals surface area contributed by atoms with Gasteiger partial charge in [-0.1, -0.05) is 25.7 Å². The van der Waals surface area contributed by atoms with Crippen molar-refractivity contribution in [2.75, 3.05) is 12.9 Å². The lowest BCUT2D eigenvalue weighted by molar-refractivity contribution is 0.335. The van der Waals surface area contributed by atoms with Gasteiger partial charge >= 0.3 is 0 Å². The highest BCUT2D eigenvalue weighted by atomic mass is 35.5. The first-order valence-electron chi connectivity index (χ1n) is 7.12. The van der Waals surface area contributed by atoms with Gasteiger partial charge in [-0.25, -0.2) is 8.42 Å². The van der Waals surface area contributed by atoms with Crippen LogP contribution in [0.5, 0.6) is 0 Å². The van der Waals surface area contributed by atoms with Crippen molar-refractivity contribution in [1.82, 2.24) is 14.1 Å². The van der Waals surface area contributed by atoms with Crippen molar-refractivity contribution in [3.8, 4) is 0 Å². The van der Waals surface area contributed by atoms with Crippen LogP contribution in [0.4, 0.5) is 0 Å². The molecule has 1 aliphatic carbocycles. The summed E-state index contributed by atoms with van der Waals surface area (Å²) in [4.78, 5) is 0.259. The molecule has 0 aromatic carbocycles. The summed E-state index contributed by atoms with van der Waals surface area (Å²) in [6.45, 7) is 0.518. The zero-order valence-electron chi connectivity index (χ0n) is 11.8. The molecule has 0 bridgehead atoms. The Hall–Kier alpha value is -0.590. The molecule has 20 heavy (non-hydrogen) atoms. The summed E-state index contributed by atoms with van der Waals surface area (Å²) >= 11 is 5.64. The number of aryl methyl sites for hydroxylation is 1. The average molecular weight is 320 g/mol. The van der Waals surface area contributed by atoms with Crippen molar-refractivity contribution in [1.29, 1.82) is 0 Å². The van der Waals surface area contributed by atoms with Gasteiger partial charge in [0.15, 0.2) is 0 Å². The molecule has 0 amide bonds. The van der Waals surface area contributed by atoms with Gasteiger partial charge in [0.2, 0.25) is 10.0 Å². The van der Waals surface area contributed by atoms with Gasteiger partial charge in [0.1, 0.15) is 4.90 Å². The van der Waals surface area contributed by atoms with Gasteiger partial charge in [-0.3, -0.25) is 4.68 Å². The summed E-state index contributed by atoms with van der Waals surface area (Å²) in [5.74, 6) is 0.416. The molecule has 0 aliphatic heterocycles. The molecule has 1 aliphatic rings. The van der Waals surface area contributed by atoms with Crippen LogP contribution in [-0.4, -0.2) is 41.5 Å². The Balaban J connectivity index is 2.14. The molecule has 114 valence electrons. The number of nitrogens with zero attached hydrogens (tertiary/aromatic N) is 3. The number of aromatic nitrogens is 2. The molecule has 2 rings (SSSR count). The molecule has 7 heteroatoms. The zero-order valence-corrected chi connectivity index (χ0v) is 13.4. The van der Waals surface area contributed by atoms with Gasteiger partial charge in [0, 0.05) is 25.2 Å². The molecule has 0 atom stereocenters. The van der Waals surface area contributed by atoms with Gasteiger partial charge in [-0.05, 0) is 12.8 Å². The second kappa shape index (κ2) is 6.91. The van der Waals surface area contributed by atoms with E-state index >= 15 is 0 Å². The maximum atomic E-state index is 12.6. The van der Waals surface area contributed by atoms with E-state index in [2.05, 4.69) is 5.10 Å². The van der Waals surface area contributed by atoms with E-state index < -0.39 is 10.0 Å². The number of halogens is 1. The zero-order chi connectivity index (χ0) is 14.6. The fourth-order valence-corrected chi connectivity index (χ4v) is 4.21. The predicted octanol–water partition coefficient (Wildman–Crippen LogP) is 2.47. The largest absolute Gasteiger partial charge is 0.270 e. The van der Waals surface area contributed by atoms with Crippen molar-refractivity contribution in [3.05, 3.63) is 12.4 Å². The van der Waals surface area contributed by atoms with Crippen LogP contribution in [0, 0.1) is 0 Å². The molecule has 0 spiro atoms. The SMILES string of the molecule is CN(C1CCCCCC1)S(=O)(=O)c1cnn(CCCl)c1. The van der Waals surface area contributed by atoms with Crippen molar-refractivity contribution in [2.24, 2.45) is 0 Å². The maximum absolute atomic E-state index is 12.6. The summed E-state index contributed by atoms with van der Waals surface area (Å²) in [5, 5.41) is 4.04. The fraction of sp³-hybridized carbons (Fsp3) is 0.769. The maximum Gasteiger partial charge on any atom is 0.246 e. The minimum Gasteiger partial charge on any atom is -0.270 e. The summed E-state index contributed by atoms with van der Waals surface area (Å²) in [6.07, 6.45) is 9.50. The van der Waals surface area contributed by atoms with E-state index in [0.717, 1.165) is 25.7 Å². The molecule has 1 aromatic rings. The van der Waals surface area contributed by atoms with Crippen LogP contribution in [-0.2, 0) is 16.6 Å². The number of rotatable bonds is 5. The Bertz CT molecular complexity index is 521. The molecule has 1 fully saturated rings. The smallest absolute Gasteiger partial charge is 0.246 e. The summed E-state index contributed by atoms with van der Waals surface area (Å²) < 4.78 is 28.3. The average Bonchev–Trinajstić information content (AvgIpc) is 2.74. The minimum absolute atomic E-state index is 0.110. The van der Waals surface area contributed by atoms with Crippen molar-refractivity contribution >= 4 is 21.6 Å². The molecular formula is C13H22ClN3O2S. The summed E-state index contributed by atoms with van der Waals surface area (Å²) in [7, 11) is -1.76. The third kappa shape index (κ3) is 3.54. The third-order valence-corrected chi connectivity index (χ3v) is 5.97.